The Morgan fingerprint density at radius 1 is 1.00 bits per heavy atom. The summed E-state index contributed by atoms with van der Waals surface area (Å²) in [6, 6.07) is 24.5. The number of thioether (sulfide) groups is 1. The molecule has 4 aliphatic carbocycles. The third-order valence-corrected chi connectivity index (χ3v) is 9.95. The van der Waals surface area contributed by atoms with Crippen molar-refractivity contribution in [1.82, 2.24) is 10.3 Å². The number of nitrogens with zero attached hydrogens (tertiary/aromatic N) is 2. The average molecular weight is 508 g/mol. The second kappa shape index (κ2) is 9.99. The number of carbonyl (C=O) groups excluding carboxylic acids is 1. The Morgan fingerprint density at radius 3 is 2.14 bits per heavy atom. The van der Waals surface area contributed by atoms with Crippen molar-refractivity contribution in [3.05, 3.63) is 72.3 Å². The Bertz CT molecular complexity index is 1300. The lowest BCUT2D eigenvalue weighted by Gasteiger charge is -2.59. The number of rotatable bonds is 7. The van der Waals surface area contributed by atoms with Crippen molar-refractivity contribution in [2.45, 2.75) is 56.5 Å². The Hall–Kier alpha value is -3.10. The highest BCUT2D eigenvalue weighted by Crippen LogP contribution is 2.61. The Labute approximate surface area is 223 Å². The van der Waals surface area contributed by atoms with Gasteiger partial charge >= 0.3 is 0 Å². The first kappa shape index (κ1) is 24.2. The number of benzene rings is 2. The lowest BCUT2D eigenvalue weighted by atomic mass is 9.48. The molecular formula is C32H33N3OS. The van der Waals surface area contributed by atoms with Crippen molar-refractivity contribution in [2.75, 3.05) is 5.75 Å². The van der Waals surface area contributed by atoms with Crippen molar-refractivity contribution in [3.63, 3.8) is 0 Å². The first-order valence-electron chi connectivity index (χ1n) is 13.5. The molecule has 7 rings (SSSR count). The van der Waals surface area contributed by atoms with Gasteiger partial charge < -0.3 is 5.32 Å². The third-order valence-electron chi connectivity index (χ3n) is 8.97. The van der Waals surface area contributed by atoms with Crippen LogP contribution in [0.1, 0.15) is 51.0 Å². The average Bonchev–Trinajstić information content (AvgIpc) is 2.91. The van der Waals surface area contributed by atoms with E-state index in [1.165, 1.54) is 50.3 Å². The van der Waals surface area contributed by atoms with Gasteiger partial charge in [0.1, 0.15) is 11.1 Å². The topological polar surface area (TPSA) is 65.8 Å². The number of nitrogens with one attached hydrogen (secondary N) is 1. The van der Waals surface area contributed by atoms with Crippen LogP contribution in [-0.4, -0.2) is 22.7 Å². The summed E-state index contributed by atoms with van der Waals surface area (Å²) >= 11 is 1.37. The number of hydrogen-bond donors (Lipinski definition) is 1. The molecule has 1 aromatic heterocycles. The number of hydrogen-bond acceptors (Lipinski definition) is 4. The van der Waals surface area contributed by atoms with E-state index in [1.807, 2.05) is 66.7 Å². The number of nitriles is 1. The van der Waals surface area contributed by atoms with Gasteiger partial charge in [0.25, 0.3) is 0 Å². The van der Waals surface area contributed by atoms with Crippen molar-refractivity contribution < 1.29 is 4.79 Å². The van der Waals surface area contributed by atoms with Crippen LogP contribution in [0.5, 0.6) is 0 Å². The molecule has 1 N–H and O–H groups in total. The smallest absolute Gasteiger partial charge is 0.230 e. The number of carbonyl (C=O) groups is 1. The monoisotopic (exact) mass is 507 g/mol. The van der Waals surface area contributed by atoms with Crippen LogP contribution < -0.4 is 5.32 Å². The normalized spacial score (nSPS) is 26.4. The van der Waals surface area contributed by atoms with Crippen molar-refractivity contribution >= 4 is 17.7 Å². The molecule has 1 atom stereocenters. The highest BCUT2D eigenvalue weighted by molar-refractivity contribution is 8.00. The zero-order chi connectivity index (χ0) is 25.4. The van der Waals surface area contributed by atoms with E-state index in [9.17, 15) is 10.1 Å². The van der Waals surface area contributed by atoms with Gasteiger partial charge in [-0.05, 0) is 80.2 Å². The maximum absolute atomic E-state index is 13.2. The maximum Gasteiger partial charge on any atom is 0.230 e. The summed E-state index contributed by atoms with van der Waals surface area (Å²) in [6.07, 6.45) is 8.02. The molecule has 4 saturated carbocycles. The summed E-state index contributed by atoms with van der Waals surface area (Å²) in [5.41, 5.74) is 4.42. The van der Waals surface area contributed by atoms with E-state index in [0.29, 0.717) is 10.6 Å². The van der Waals surface area contributed by atoms with Crippen LogP contribution in [0.3, 0.4) is 0 Å². The van der Waals surface area contributed by atoms with Gasteiger partial charge in [-0.1, -0.05) is 72.4 Å². The van der Waals surface area contributed by atoms with Crippen molar-refractivity contribution in [2.24, 2.45) is 23.2 Å². The molecule has 5 heteroatoms. The Morgan fingerprint density at radius 2 is 1.57 bits per heavy atom. The van der Waals surface area contributed by atoms with Crippen LogP contribution in [0.2, 0.25) is 0 Å². The van der Waals surface area contributed by atoms with Gasteiger partial charge in [0, 0.05) is 17.2 Å². The largest absolute Gasteiger partial charge is 0.352 e. The molecule has 1 heterocycles. The summed E-state index contributed by atoms with van der Waals surface area (Å²) in [6.45, 7) is 2.22. The molecule has 0 saturated heterocycles. The molecule has 1 amide bonds. The second-order valence-corrected chi connectivity index (χ2v) is 12.4. The molecule has 0 unspecified atom stereocenters. The highest BCUT2D eigenvalue weighted by atomic mass is 32.2. The molecule has 188 valence electrons. The summed E-state index contributed by atoms with van der Waals surface area (Å²) < 4.78 is 0. The minimum absolute atomic E-state index is 0.0327. The number of aromatic nitrogens is 1. The maximum atomic E-state index is 13.2. The van der Waals surface area contributed by atoms with E-state index in [1.54, 1.807) is 0 Å². The van der Waals surface area contributed by atoms with Crippen LogP contribution in [-0.2, 0) is 4.79 Å². The van der Waals surface area contributed by atoms with Gasteiger partial charge in [-0.25, -0.2) is 4.98 Å². The lowest BCUT2D eigenvalue weighted by Crippen LogP contribution is -2.56. The fraction of sp³-hybridized carbons (Fsp3) is 0.406. The van der Waals surface area contributed by atoms with Crippen LogP contribution in [0, 0.1) is 34.5 Å². The van der Waals surface area contributed by atoms with Gasteiger partial charge in [-0.15, -0.1) is 0 Å². The molecule has 4 bridgehead atoms. The van der Waals surface area contributed by atoms with Gasteiger partial charge in [0.05, 0.1) is 17.0 Å². The molecule has 2 aromatic carbocycles. The minimum atomic E-state index is 0.0327. The summed E-state index contributed by atoms with van der Waals surface area (Å²) in [5.74, 6) is 2.87. The molecule has 0 radical (unpaired) electrons. The Kier molecular flexibility index (Phi) is 6.55. The second-order valence-electron chi connectivity index (χ2n) is 11.4. The van der Waals surface area contributed by atoms with E-state index in [2.05, 4.69) is 18.3 Å². The van der Waals surface area contributed by atoms with Gasteiger partial charge in [0.15, 0.2) is 0 Å². The van der Waals surface area contributed by atoms with Crippen LogP contribution >= 0.6 is 11.8 Å². The lowest BCUT2D eigenvalue weighted by molar-refractivity contribution is -0.123. The first-order chi connectivity index (χ1) is 18.0. The van der Waals surface area contributed by atoms with E-state index >= 15 is 0 Å². The highest BCUT2D eigenvalue weighted by Gasteiger charge is 2.53. The predicted octanol–water partition coefficient (Wildman–Crippen LogP) is 7.10. The molecule has 0 spiro atoms. The SMILES string of the molecule is C[C@@H](NC(=O)CSc1nc(-c2ccccc2)cc(-c2ccccc2)c1C#N)C12CC3CC(CC(C3)C1)C2. The van der Waals surface area contributed by atoms with Gasteiger partial charge in [0.2, 0.25) is 5.91 Å². The van der Waals surface area contributed by atoms with Crippen molar-refractivity contribution in [3.8, 4) is 28.5 Å². The minimum Gasteiger partial charge on any atom is -0.352 e. The van der Waals surface area contributed by atoms with Crippen LogP contribution in [0.15, 0.2) is 71.8 Å². The zero-order valence-corrected chi connectivity index (χ0v) is 22.1. The number of amides is 1. The van der Waals surface area contributed by atoms with Crippen LogP contribution in [0.25, 0.3) is 22.4 Å². The van der Waals surface area contributed by atoms with E-state index in [0.717, 1.165) is 40.1 Å². The van der Waals surface area contributed by atoms with E-state index in [-0.39, 0.29) is 23.1 Å². The molecule has 4 nitrogen and oxygen atoms in total. The van der Waals surface area contributed by atoms with E-state index in [4.69, 9.17) is 4.98 Å². The molecule has 4 fully saturated rings. The van der Waals surface area contributed by atoms with Crippen LogP contribution in [0.4, 0.5) is 0 Å². The predicted molar refractivity (Wildman–Crippen MR) is 149 cm³/mol. The first-order valence-corrected chi connectivity index (χ1v) is 14.5. The molecular weight excluding hydrogens is 474 g/mol. The molecule has 37 heavy (non-hydrogen) atoms. The summed E-state index contributed by atoms with van der Waals surface area (Å²) in [5, 5.41) is 14.1. The summed E-state index contributed by atoms with van der Waals surface area (Å²) in [4.78, 5) is 18.1. The fourth-order valence-electron chi connectivity index (χ4n) is 7.61. The zero-order valence-electron chi connectivity index (χ0n) is 21.3. The quantitative estimate of drug-likeness (QED) is 0.346. The summed E-state index contributed by atoms with van der Waals surface area (Å²) in [7, 11) is 0. The van der Waals surface area contributed by atoms with Crippen molar-refractivity contribution in [1.29, 1.82) is 5.26 Å². The number of pyridine rings is 1. The van der Waals surface area contributed by atoms with E-state index < -0.39 is 0 Å². The van der Waals surface area contributed by atoms with Gasteiger partial charge in [-0.2, -0.15) is 5.26 Å². The molecule has 4 aliphatic rings. The van der Waals surface area contributed by atoms with Gasteiger partial charge in [-0.3, -0.25) is 4.79 Å². The molecule has 3 aromatic rings. The fourth-order valence-corrected chi connectivity index (χ4v) is 8.43. The standard InChI is InChI=1S/C32H33N3OS/c1-21(32-16-22-12-23(17-32)14-24(13-22)18-32)34-30(36)20-37-31-28(19-33)27(25-8-4-2-5-9-25)15-29(35-31)26-10-6-3-7-11-26/h2-11,15,21-24H,12-14,16-18,20H2,1H3,(H,34,36)/t21-,22?,23?,24?,32?/m1/s1. The molecule has 0 aliphatic heterocycles. The third kappa shape index (κ3) is 4.80. The Balaban J connectivity index is 1.23.